The third kappa shape index (κ3) is 6.88. The quantitative estimate of drug-likeness (QED) is 0.227. The van der Waals surface area contributed by atoms with Crippen LogP contribution in [0.3, 0.4) is 0 Å². The minimum atomic E-state index is -5.19. The number of imidazole rings is 1. The second-order valence-electron chi connectivity index (χ2n) is 11.6. The van der Waals surface area contributed by atoms with Gasteiger partial charge in [-0.3, -0.25) is 10.2 Å². The SMILES string of the molecule is CC(C)(C)c1cc(C(=O)Cn2ccn(Cc3ccc(C(=O)O)cc3)c2=N)cc(C(C)(C)C)c1OC(=O)C(F)(F)F. The molecule has 3 rings (SSSR count). The summed E-state index contributed by atoms with van der Waals surface area (Å²) in [4.78, 5) is 36.3. The van der Waals surface area contributed by atoms with Gasteiger partial charge in [-0.2, -0.15) is 13.2 Å². The van der Waals surface area contributed by atoms with Crippen LogP contribution in [0.15, 0.2) is 48.8 Å². The van der Waals surface area contributed by atoms with E-state index in [-0.39, 0.29) is 52.5 Å². The molecule has 1 heterocycles. The second-order valence-corrected chi connectivity index (χ2v) is 11.6. The van der Waals surface area contributed by atoms with E-state index in [9.17, 15) is 27.6 Å². The van der Waals surface area contributed by atoms with Gasteiger partial charge in [-0.05, 0) is 40.7 Å². The molecular formula is C29H32F3N3O5. The molecule has 0 saturated carbocycles. The van der Waals surface area contributed by atoms with Crippen molar-refractivity contribution >= 4 is 17.7 Å². The largest absolute Gasteiger partial charge is 0.491 e. The summed E-state index contributed by atoms with van der Waals surface area (Å²) in [6.07, 6.45) is -1.99. The lowest BCUT2D eigenvalue weighted by Crippen LogP contribution is -2.31. The van der Waals surface area contributed by atoms with Crippen LogP contribution in [0, 0.1) is 5.41 Å². The number of Topliss-reactive ketones (excluding diaryl/α,β-unsaturated/α-hetero) is 1. The predicted octanol–water partition coefficient (Wildman–Crippen LogP) is 5.46. The fraction of sp³-hybridized carbons (Fsp3) is 0.379. The fourth-order valence-corrected chi connectivity index (χ4v) is 4.08. The van der Waals surface area contributed by atoms with E-state index in [0.29, 0.717) is 0 Å². The molecule has 0 amide bonds. The number of benzene rings is 2. The zero-order valence-corrected chi connectivity index (χ0v) is 23.1. The van der Waals surface area contributed by atoms with Crippen molar-refractivity contribution in [1.82, 2.24) is 9.13 Å². The van der Waals surface area contributed by atoms with Crippen LogP contribution in [0.4, 0.5) is 13.2 Å². The number of rotatable bonds is 7. The first-order valence-corrected chi connectivity index (χ1v) is 12.4. The molecule has 8 nitrogen and oxygen atoms in total. The number of esters is 1. The van der Waals surface area contributed by atoms with Gasteiger partial charge in [-0.15, -0.1) is 0 Å². The smallest absolute Gasteiger partial charge is 0.478 e. The Hall–Kier alpha value is -4.15. The van der Waals surface area contributed by atoms with Crippen LogP contribution in [-0.4, -0.2) is 38.1 Å². The molecule has 0 fully saturated rings. The van der Waals surface area contributed by atoms with Crippen molar-refractivity contribution in [3.05, 3.63) is 82.2 Å². The number of nitrogens with one attached hydrogen (secondary N) is 1. The number of hydrogen-bond acceptors (Lipinski definition) is 5. The molecule has 2 N–H and O–H groups in total. The standard InChI is InChI=1S/C29H32F3N3O5/c1-27(2,3)20-13-19(14-21(28(4,5)6)23(20)40-25(39)29(30,31)32)22(36)16-35-12-11-34(26(35)33)15-17-7-9-18(10-8-17)24(37)38/h7-14,33H,15-16H2,1-6H3,(H,37,38). The maximum atomic E-state index is 13.4. The van der Waals surface area contributed by atoms with Crippen molar-refractivity contribution in [2.24, 2.45) is 0 Å². The average Bonchev–Trinajstić information content (AvgIpc) is 3.16. The van der Waals surface area contributed by atoms with Crippen molar-refractivity contribution < 1.29 is 37.4 Å². The number of aromatic carboxylic acids is 1. The average molecular weight is 560 g/mol. The lowest BCUT2D eigenvalue weighted by atomic mass is 9.78. The summed E-state index contributed by atoms with van der Waals surface area (Å²) in [6.45, 7) is 10.5. The van der Waals surface area contributed by atoms with E-state index in [0.717, 1.165) is 5.56 Å². The Morgan fingerprint density at radius 2 is 1.35 bits per heavy atom. The topological polar surface area (TPSA) is 114 Å². The Kier molecular flexibility index (Phi) is 8.19. The second kappa shape index (κ2) is 10.8. The maximum absolute atomic E-state index is 13.4. The minimum Gasteiger partial charge on any atom is -0.478 e. The summed E-state index contributed by atoms with van der Waals surface area (Å²) in [5, 5.41) is 17.6. The zero-order valence-electron chi connectivity index (χ0n) is 23.1. The highest BCUT2D eigenvalue weighted by atomic mass is 19.4. The number of ether oxygens (including phenoxy) is 1. The molecule has 0 unspecified atom stereocenters. The van der Waals surface area contributed by atoms with Gasteiger partial charge in [-0.1, -0.05) is 53.7 Å². The Morgan fingerprint density at radius 3 is 1.80 bits per heavy atom. The number of carboxylic acids is 1. The molecule has 0 radical (unpaired) electrons. The highest BCUT2D eigenvalue weighted by Gasteiger charge is 2.43. The number of carboxylic acid groups (broad SMARTS) is 1. The highest BCUT2D eigenvalue weighted by Crippen LogP contribution is 2.41. The van der Waals surface area contributed by atoms with Gasteiger partial charge in [0.15, 0.2) is 5.78 Å². The molecular weight excluding hydrogens is 527 g/mol. The number of hydrogen-bond donors (Lipinski definition) is 2. The molecule has 2 aromatic carbocycles. The van der Waals surface area contributed by atoms with E-state index in [2.05, 4.69) is 0 Å². The van der Waals surface area contributed by atoms with E-state index in [4.69, 9.17) is 15.3 Å². The molecule has 0 aliphatic heterocycles. The highest BCUT2D eigenvalue weighted by molar-refractivity contribution is 5.97. The van der Waals surface area contributed by atoms with E-state index in [1.54, 1.807) is 70.6 Å². The van der Waals surface area contributed by atoms with Crippen molar-refractivity contribution in [2.75, 3.05) is 0 Å². The lowest BCUT2D eigenvalue weighted by molar-refractivity contribution is -0.189. The Morgan fingerprint density at radius 1 is 0.850 bits per heavy atom. The van der Waals surface area contributed by atoms with Gasteiger partial charge in [0.25, 0.3) is 0 Å². The first kappa shape index (κ1) is 30.4. The van der Waals surface area contributed by atoms with Crippen molar-refractivity contribution in [3.8, 4) is 5.75 Å². The van der Waals surface area contributed by atoms with Gasteiger partial charge >= 0.3 is 18.1 Å². The summed E-state index contributed by atoms with van der Waals surface area (Å²) in [7, 11) is 0. The first-order valence-electron chi connectivity index (χ1n) is 12.4. The number of halogens is 3. The maximum Gasteiger partial charge on any atom is 0.491 e. The van der Waals surface area contributed by atoms with E-state index in [1.165, 1.54) is 28.8 Å². The first-order chi connectivity index (χ1) is 18.3. The normalized spacial score (nSPS) is 12.3. The zero-order chi connectivity index (χ0) is 30.2. The molecule has 0 spiro atoms. The van der Waals surface area contributed by atoms with Crippen molar-refractivity contribution in [3.63, 3.8) is 0 Å². The number of ketones is 1. The Labute approximate surface area is 229 Å². The number of carbonyl (C=O) groups excluding carboxylic acids is 2. The molecule has 0 saturated heterocycles. The molecule has 214 valence electrons. The third-order valence-corrected chi connectivity index (χ3v) is 6.29. The molecule has 0 atom stereocenters. The van der Waals surface area contributed by atoms with Gasteiger partial charge in [0.2, 0.25) is 5.62 Å². The molecule has 40 heavy (non-hydrogen) atoms. The van der Waals surface area contributed by atoms with Gasteiger partial charge in [0.1, 0.15) is 5.75 Å². The summed E-state index contributed by atoms with van der Waals surface area (Å²) in [6, 6.07) is 9.12. The van der Waals surface area contributed by atoms with Gasteiger partial charge < -0.3 is 19.0 Å². The van der Waals surface area contributed by atoms with Crippen molar-refractivity contribution in [2.45, 2.75) is 71.6 Å². The molecule has 11 heteroatoms. The molecule has 1 aromatic heterocycles. The summed E-state index contributed by atoms with van der Waals surface area (Å²) >= 11 is 0. The van der Waals surface area contributed by atoms with Gasteiger partial charge in [0, 0.05) is 29.1 Å². The van der Waals surface area contributed by atoms with E-state index >= 15 is 0 Å². The molecule has 0 bridgehead atoms. The van der Waals surface area contributed by atoms with Gasteiger partial charge in [0.05, 0.1) is 18.7 Å². The fourth-order valence-electron chi connectivity index (χ4n) is 4.08. The summed E-state index contributed by atoms with van der Waals surface area (Å²) in [5.74, 6) is -3.98. The van der Waals surface area contributed by atoms with E-state index in [1.807, 2.05) is 0 Å². The third-order valence-electron chi connectivity index (χ3n) is 6.29. The number of aromatic nitrogens is 2. The number of nitrogens with zero attached hydrogens (tertiary/aromatic N) is 2. The monoisotopic (exact) mass is 559 g/mol. The van der Waals surface area contributed by atoms with Crippen LogP contribution in [0.25, 0.3) is 0 Å². The number of alkyl halides is 3. The van der Waals surface area contributed by atoms with E-state index < -0.39 is 28.9 Å². The van der Waals surface area contributed by atoms with Crippen LogP contribution >= 0.6 is 0 Å². The minimum absolute atomic E-state index is 0.0264. The summed E-state index contributed by atoms with van der Waals surface area (Å²) in [5.41, 5.74) is 0.158. The van der Waals surface area contributed by atoms with Crippen LogP contribution in [0.2, 0.25) is 0 Å². The lowest BCUT2D eigenvalue weighted by Gasteiger charge is -2.30. The van der Waals surface area contributed by atoms with Gasteiger partial charge in [-0.25, -0.2) is 9.59 Å². The predicted molar refractivity (Wildman–Crippen MR) is 141 cm³/mol. The van der Waals surface area contributed by atoms with Crippen LogP contribution in [0.5, 0.6) is 5.75 Å². The number of carbonyl (C=O) groups is 3. The Balaban J connectivity index is 1.97. The van der Waals surface area contributed by atoms with Crippen molar-refractivity contribution in [1.29, 1.82) is 5.41 Å². The molecule has 3 aromatic rings. The van der Waals surface area contributed by atoms with Crippen LogP contribution in [0.1, 0.15) is 78.9 Å². The van der Waals surface area contributed by atoms with Crippen LogP contribution in [-0.2, 0) is 28.7 Å². The Bertz CT molecular complexity index is 1470. The summed E-state index contributed by atoms with van der Waals surface area (Å²) < 4.78 is 47.2. The molecule has 0 aliphatic rings. The molecule has 0 aliphatic carbocycles. The van der Waals surface area contributed by atoms with Crippen LogP contribution < -0.4 is 10.4 Å².